The SMILES string of the molecule is Cc1ccc(Br)c(NC(=O)C(Cl)c2ccccc2)c1. The molecule has 2 aromatic carbocycles. The van der Waals surface area contributed by atoms with Gasteiger partial charge in [0.15, 0.2) is 0 Å². The molecule has 2 aromatic rings. The molecule has 0 aliphatic heterocycles. The molecular weight excluding hydrogens is 326 g/mol. The molecule has 4 heteroatoms. The molecule has 1 N–H and O–H groups in total. The number of carbonyl (C=O) groups excluding carboxylic acids is 1. The number of rotatable bonds is 3. The maximum atomic E-state index is 12.1. The number of anilines is 1. The summed E-state index contributed by atoms with van der Waals surface area (Å²) < 4.78 is 0.836. The summed E-state index contributed by atoms with van der Waals surface area (Å²) in [6.07, 6.45) is 0. The lowest BCUT2D eigenvalue weighted by Gasteiger charge is -2.12. The van der Waals surface area contributed by atoms with Crippen LogP contribution >= 0.6 is 27.5 Å². The first-order chi connectivity index (χ1) is 9.08. The monoisotopic (exact) mass is 337 g/mol. The minimum atomic E-state index is -0.700. The van der Waals surface area contributed by atoms with Crippen molar-refractivity contribution < 1.29 is 4.79 Å². The van der Waals surface area contributed by atoms with E-state index in [-0.39, 0.29) is 5.91 Å². The molecule has 1 amide bonds. The minimum Gasteiger partial charge on any atom is -0.323 e. The van der Waals surface area contributed by atoms with E-state index >= 15 is 0 Å². The fourth-order valence-electron chi connectivity index (χ4n) is 1.70. The number of alkyl halides is 1. The van der Waals surface area contributed by atoms with Crippen molar-refractivity contribution in [2.75, 3.05) is 5.32 Å². The van der Waals surface area contributed by atoms with Crippen molar-refractivity contribution in [1.82, 2.24) is 0 Å². The average molecular weight is 339 g/mol. The summed E-state index contributed by atoms with van der Waals surface area (Å²) in [5.74, 6) is -0.237. The molecule has 0 saturated heterocycles. The van der Waals surface area contributed by atoms with Crippen LogP contribution in [0.3, 0.4) is 0 Å². The Hall–Kier alpha value is -1.32. The van der Waals surface area contributed by atoms with Crippen LogP contribution in [-0.4, -0.2) is 5.91 Å². The van der Waals surface area contributed by atoms with E-state index in [4.69, 9.17) is 11.6 Å². The summed E-state index contributed by atoms with van der Waals surface area (Å²) in [6, 6.07) is 15.1. The van der Waals surface area contributed by atoms with Gasteiger partial charge in [-0.15, -0.1) is 11.6 Å². The second-order valence-electron chi connectivity index (χ2n) is 4.25. The van der Waals surface area contributed by atoms with Crippen LogP contribution in [0.15, 0.2) is 53.0 Å². The first-order valence-electron chi connectivity index (χ1n) is 5.84. The minimum absolute atomic E-state index is 0.237. The zero-order chi connectivity index (χ0) is 13.8. The number of aryl methyl sites for hydroxylation is 1. The number of amides is 1. The molecule has 2 nitrogen and oxygen atoms in total. The van der Waals surface area contributed by atoms with Crippen molar-refractivity contribution in [1.29, 1.82) is 0 Å². The zero-order valence-corrected chi connectivity index (χ0v) is 12.7. The third kappa shape index (κ3) is 3.58. The fourth-order valence-corrected chi connectivity index (χ4v) is 2.25. The van der Waals surface area contributed by atoms with Gasteiger partial charge < -0.3 is 5.32 Å². The molecule has 98 valence electrons. The Morgan fingerprint density at radius 1 is 1.21 bits per heavy atom. The van der Waals surface area contributed by atoms with Crippen LogP contribution in [0, 0.1) is 6.92 Å². The second-order valence-corrected chi connectivity index (χ2v) is 5.54. The Balaban J connectivity index is 2.15. The molecule has 0 saturated carbocycles. The molecule has 2 rings (SSSR count). The first-order valence-corrected chi connectivity index (χ1v) is 7.07. The molecule has 1 unspecified atom stereocenters. The Morgan fingerprint density at radius 3 is 2.58 bits per heavy atom. The van der Waals surface area contributed by atoms with Gasteiger partial charge in [0.1, 0.15) is 5.38 Å². The van der Waals surface area contributed by atoms with E-state index in [1.54, 1.807) is 0 Å². The van der Waals surface area contributed by atoms with Gasteiger partial charge >= 0.3 is 0 Å². The van der Waals surface area contributed by atoms with E-state index in [0.717, 1.165) is 21.3 Å². The van der Waals surface area contributed by atoms with Gasteiger partial charge in [-0.2, -0.15) is 0 Å². The number of hydrogen-bond acceptors (Lipinski definition) is 1. The Kier molecular flexibility index (Phi) is 4.61. The second kappa shape index (κ2) is 6.22. The third-order valence-electron chi connectivity index (χ3n) is 2.70. The van der Waals surface area contributed by atoms with Gasteiger partial charge in [-0.25, -0.2) is 0 Å². The molecular formula is C15H13BrClNO. The molecule has 0 aromatic heterocycles. The number of carbonyl (C=O) groups is 1. The molecule has 0 fully saturated rings. The van der Waals surface area contributed by atoms with Crippen LogP contribution in [-0.2, 0) is 4.79 Å². The lowest BCUT2D eigenvalue weighted by atomic mass is 10.1. The smallest absolute Gasteiger partial charge is 0.247 e. The van der Waals surface area contributed by atoms with Crippen LogP contribution in [0.1, 0.15) is 16.5 Å². The molecule has 0 aliphatic rings. The predicted octanol–water partition coefficient (Wildman–Crippen LogP) is 4.68. The summed E-state index contributed by atoms with van der Waals surface area (Å²) in [6.45, 7) is 1.97. The quantitative estimate of drug-likeness (QED) is 0.809. The highest BCUT2D eigenvalue weighted by molar-refractivity contribution is 9.10. The summed E-state index contributed by atoms with van der Waals surface area (Å²) in [4.78, 5) is 12.1. The predicted molar refractivity (Wildman–Crippen MR) is 82.5 cm³/mol. The van der Waals surface area contributed by atoms with Crippen LogP contribution in [0.25, 0.3) is 0 Å². The molecule has 0 heterocycles. The van der Waals surface area contributed by atoms with Crippen LogP contribution in [0.2, 0.25) is 0 Å². The molecule has 1 atom stereocenters. The molecule has 19 heavy (non-hydrogen) atoms. The van der Waals surface area contributed by atoms with Gasteiger partial charge in [0.25, 0.3) is 0 Å². The lowest BCUT2D eigenvalue weighted by molar-refractivity contribution is -0.116. The van der Waals surface area contributed by atoms with Gasteiger partial charge in [0.2, 0.25) is 5.91 Å². The van der Waals surface area contributed by atoms with Gasteiger partial charge in [-0.3, -0.25) is 4.79 Å². The highest BCUT2D eigenvalue weighted by Gasteiger charge is 2.18. The normalized spacial score (nSPS) is 11.9. The highest BCUT2D eigenvalue weighted by Crippen LogP contribution is 2.27. The highest BCUT2D eigenvalue weighted by atomic mass is 79.9. The van der Waals surface area contributed by atoms with Crippen molar-refractivity contribution in [3.63, 3.8) is 0 Å². The number of benzene rings is 2. The third-order valence-corrected chi connectivity index (χ3v) is 3.84. The maximum Gasteiger partial charge on any atom is 0.247 e. The van der Waals surface area contributed by atoms with Gasteiger partial charge in [-0.1, -0.05) is 36.4 Å². The van der Waals surface area contributed by atoms with Gasteiger partial charge in [-0.05, 0) is 46.1 Å². The maximum absolute atomic E-state index is 12.1. The number of nitrogens with one attached hydrogen (secondary N) is 1. The van der Waals surface area contributed by atoms with E-state index in [0.29, 0.717) is 0 Å². The van der Waals surface area contributed by atoms with Crippen molar-refractivity contribution in [3.05, 3.63) is 64.1 Å². The van der Waals surface area contributed by atoms with Crippen LogP contribution in [0.4, 0.5) is 5.69 Å². The van der Waals surface area contributed by atoms with Gasteiger partial charge in [0.05, 0.1) is 5.69 Å². The van der Waals surface area contributed by atoms with Crippen molar-refractivity contribution in [2.24, 2.45) is 0 Å². The summed E-state index contributed by atoms with van der Waals surface area (Å²) in [7, 11) is 0. The summed E-state index contributed by atoms with van der Waals surface area (Å²) in [5, 5.41) is 2.13. The van der Waals surface area contributed by atoms with Crippen LogP contribution < -0.4 is 5.32 Å². The standard InChI is InChI=1S/C15H13BrClNO/c1-10-7-8-12(16)13(9-10)18-15(19)14(17)11-5-3-2-4-6-11/h2-9,14H,1H3,(H,18,19). The molecule has 0 radical (unpaired) electrons. The molecule has 0 spiro atoms. The Labute approximate surface area is 125 Å². The molecule has 0 aliphatic carbocycles. The lowest BCUT2D eigenvalue weighted by Crippen LogP contribution is -2.17. The van der Waals surface area contributed by atoms with E-state index in [1.807, 2.05) is 55.5 Å². The Morgan fingerprint density at radius 2 is 1.89 bits per heavy atom. The zero-order valence-electron chi connectivity index (χ0n) is 10.4. The summed E-state index contributed by atoms with van der Waals surface area (Å²) >= 11 is 9.58. The van der Waals surface area contributed by atoms with Gasteiger partial charge in [0, 0.05) is 4.47 Å². The van der Waals surface area contributed by atoms with Crippen molar-refractivity contribution in [2.45, 2.75) is 12.3 Å². The number of hydrogen-bond donors (Lipinski definition) is 1. The molecule has 0 bridgehead atoms. The van der Waals surface area contributed by atoms with E-state index in [9.17, 15) is 4.79 Å². The van der Waals surface area contributed by atoms with Crippen LogP contribution in [0.5, 0.6) is 0 Å². The largest absolute Gasteiger partial charge is 0.323 e. The number of halogens is 2. The van der Waals surface area contributed by atoms with E-state index in [2.05, 4.69) is 21.2 Å². The topological polar surface area (TPSA) is 29.1 Å². The van der Waals surface area contributed by atoms with Crippen molar-refractivity contribution in [3.8, 4) is 0 Å². The van der Waals surface area contributed by atoms with Crippen molar-refractivity contribution >= 4 is 39.1 Å². The first kappa shape index (κ1) is 14.1. The fraction of sp³-hybridized carbons (Fsp3) is 0.133. The Bertz CT molecular complexity index is 586. The van der Waals surface area contributed by atoms with E-state index in [1.165, 1.54) is 0 Å². The average Bonchev–Trinajstić information content (AvgIpc) is 2.43. The summed E-state index contributed by atoms with van der Waals surface area (Å²) in [5.41, 5.74) is 2.58. The van der Waals surface area contributed by atoms with E-state index < -0.39 is 5.38 Å².